The summed E-state index contributed by atoms with van der Waals surface area (Å²) in [6.07, 6.45) is 7.24. The van der Waals surface area contributed by atoms with Gasteiger partial charge in [-0.3, -0.25) is 9.78 Å². The number of ether oxygens (including phenoxy) is 1. The number of aryl methyl sites for hydroxylation is 2. The number of pyridine rings is 1. The third-order valence-corrected chi connectivity index (χ3v) is 4.40. The minimum atomic E-state index is -0.0298. The minimum absolute atomic E-state index is 0.0298. The third kappa shape index (κ3) is 5.23. The SMILES string of the molecule is Cc1cncnc1N1CCOC(CNC(=O)CCCc2ccccn2)C1. The summed E-state index contributed by atoms with van der Waals surface area (Å²) in [7, 11) is 0. The number of aromatic nitrogens is 3. The second-order valence-electron chi connectivity index (χ2n) is 6.45. The van der Waals surface area contributed by atoms with Gasteiger partial charge in [-0.25, -0.2) is 9.97 Å². The lowest BCUT2D eigenvalue weighted by Crippen LogP contribution is -2.48. The molecule has 0 radical (unpaired) electrons. The van der Waals surface area contributed by atoms with E-state index < -0.39 is 0 Å². The van der Waals surface area contributed by atoms with Crippen LogP contribution < -0.4 is 10.2 Å². The molecule has 0 bridgehead atoms. The van der Waals surface area contributed by atoms with Crippen LogP contribution in [0.2, 0.25) is 0 Å². The number of anilines is 1. The summed E-state index contributed by atoms with van der Waals surface area (Å²) in [4.78, 5) is 26.9. The van der Waals surface area contributed by atoms with Crippen LogP contribution in [0.5, 0.6) is 0 Å². The summed E-state index contributed by atoms with van der Waals surface area (Å²) >= 11 is 0. The fraction of sp³-hybridized carbons (Fsp3) is 0.474. The normalized spacial score (nSPS) is 17.1. The number of amides is 1. The number of carbonyl (C=O) groups is 1. The van der Waals surface area contributed by atoms with Crippen molar-refractivity contribution in [3.05, 3.63) is 48.2 Å². The predicted octanol–water partition coefficient (Wildman–Crippen LogP) is 1.52. The van der Waals surface area contributed by atoms with Gasteiger partial charge in [0, 0.05) is 49.7 Å². The maximum atomic E-state index is 12.1. The molecule has 1 aliphatic rings. The van der Waals surface area contributed by atoms with E-state index >= 15 is 0 Å². The smallest absolute Gasteiger partial charge is 0.220 e. The van der Waals surface area contributed by atoms with E-state index in [4.69, 9.17) is 4.74 Å². The van der Waals surface area contributed by atoms with Gasteiger partial charge in [0.1, 0.15) is 12.1 Å². The van der Waals surface area contributed by atoms with E-state index in [9.17, 15) is 4.79 Å². The van der Waals surface area contributed by atoms with Crippen LogP contribution in [0.3, 0.4) is 0 Å². The molecule has 1 N–H and O–H groups in total. The second kappa shape index (κ2) is 9.24. The standard InChI is InChI=1S/C19H25N5O2/c1-15-11-20-14-23-19(15)24-9-10-26-17(13-24)12-22-18(25)7-4-6-16-5-2-3-8-21-16/h2-3,5,8,11,14,17H,4,6-7,9-10,12-13H2,1H3,(H,22,25). The van der Waals surface area contributed by atoms with Gasteiger partial charge in [0.25, 0.3) is 0 Å². The molecule has 26 heavy (non-hydrogen) atoms. The molecule has 0 aromatic carbocycles. The molecule has 138 valence electrons. The van der Waals surface area contributed by atoms with Gasteiger partial charge in [0.2, 0.25) is 5.91 Å². The molecule has 2 aromatic heterocycles. The van der Waals surface area contributed by atoms with Crippen molar-refractivity contribution in [1.82, 2.24) is 20.3 Å². The molecular formula is C19H25N5O2. The Balaban J connectivity index is 1.40. The third-order valence-electron chi connectivity index (χ3n) is 4.40. The maximum Gasteiger partial charge on any atom is 0.220 e. The van der Waals surface area contributed by atoms with Crippen molar-refractivity contribution < 1.29 is 9.53 Å². The molecule has 3 rings (SSSR count). The van der Waals surface area contributed by atoms with Gasteiger partial charge in [0.05, 0.1) is 12.7 Å². The van der Waals surface area contributed by atoms with E-state index in [1.54, 1.807) is 12.5 Å². The number of carbonyl (C=O) groups excluding carboxylic acids is 1. The van der Waals surface area contributed by atoms with Crippen LogP contribution in [0.1, 0.15) is 24.1 Å². The Bertz CT molecular complexity index is 710. The van der Waals surface area contributed by atoms with Gasteiger partial charge in [-0.05, 0) is 31.9 Å². The van der Waals surface area contributed by atoms with Crippen LogP contribution in [-0.2, 0) is 16.0 Å². The Kier molecular flexibility index (Phi) is 6.49. The Labute approximate surface area is 153 Å². The Morgan fingerprint density at radius 3 is 3.12 bits per heavy atom. The zero-order chi connectivity index (χ0) is 18.2. The fourth-order valence-electron chi connectivity index (χ4n) is 3.05. The molecule has 0 spiro atoms. The van der Waals surface area contributed by atoms with Crippen LogP contribution in [0.15, 0.2) is 36.9 Å². The zero-order valence-electron chi connectivity index (χ0n) is 15.1. The maximum absolute atomic E-state index is 12.1. The van der Waals surface area contributed by atoms with Crippen LogP contribution in [-0.4, -0.2) is 53.2 Å². The predicted molar refractivity (Wildman–Crippen MR) is 98.9 cm³/mol. The second-order valence-corrected chi connectivity index (χ2v) is 6.45. The van der Waals surface area contributed by atoms with Crippen molar-refractivity contribution in [3.8, 4) is 0 Å². The van der Waals surface area contributed by atoms with Crippen LogP contribution in [0, 0.1) is 6.92 Å². The van der Waals surface area contributed by atoms with E-state index in [1.165, 1.54) is 0 Å². The van der Waals surface area contributed by atoms with Crippen molar-refractivity contribution in [2.45, 2.75) is 32.3 Å². The molecule has 3 heterocycles. The number of nitrogens with one attached hydrogen (secondary N) is 1. The van der Waals surface area contributed by atoms with Gasteiger partial charge in [0.15, 0.2) is 0 Å². The number of hydrogen-bond donors (Lipinski definition) is 1. The van der Waals surface area contributed by atoms with Crippen LogP contribution in [0.4, 0.5) is 5.82 Å². The van der Waals surface area contributed by atoms with E-state index in [1.807, 2.05) is 31.3 Å². The number of morpholine rings is 1. The molecule has 7 heteroatoms. The minimum Gasteiger partial charge on any atom is -0.373 e. The van der Waals surface area contributed by atoms with Crippen molar-refractivity contribution in [3.63, 3.8) is 0 Å². The highest BCUT2D eigenvalue weighted by molar-refractivity contribution is 5.75. The van der Waals surface area contributed by atoms with Crippen LogP contribution >= 0.6 is 0 Å². The van der Waals surface area contributed by atoms with Crippen molar-refractivity contribution in [1.29, 1.82) is 0 Å². The molecule has 1 amide bonds. The van der Waals surface area contributed by atoms with Crippen molar-refractivity contribution in [2.75, 3.05) is 31.1 Å². The molecule has 1 saturated heterocycles. The molecule has 0 aliphatic carbocycles. The summed E-state index contributed by atoms with van der Waals surface area (Å²) in [5.41, 5.74) is 2.07. The highest BCUT2D eigenvalue weighted by Crippen LogP contribution is 2.18. The van der Waals surface area contributed by atoms with E-state index in [0.717, 1.165) is 36.5 Å². The first kappa shape index (κ1) is 18.3. The quantitative estimate of drug-likeness (QED) is 0.811. The topological polar surface area (TPSA) is 80.2 Å². The molecule has 2 aromatic rings. The molecule has 0 saturated carbocycles. The largest absolute Gasteiger partial charge is 0.373 e. The lowest BCUT2D eigenvalue weighted by Gasteiger charge is -2.34. The molecule has 1 unspecified atom stereocenters. The molecule has 1 fully saturated rings. The highest BCUT2D eigenvalue weighted by atomic mass is 16.5. The van der Waals surface area contributed by atoms with Gasteiger partial charge in [-0.1, -0.05) is 6.07 Å². The number of nitrogens with zero attached hydrogens (tertiary/aromatic N) is 4. The van der Waals surface area contributed by atoms with Crippen molar-refractivity contribution >= 4 is 11.7 Å². The van der Waals surface area contributed by atoms with E-state index in [2.05, 4.69) is 25.2 Å². The van der Waals surface area contributed by atoms with Gasteiger partial charge >= 0.3 is 0 Å². The van der Waals surface area contributed by atoms with Gasteiger partial charge < -0.3 is 15.0 Å². The summed E-state index contributed by atoms with van der Waals surface area (Å²) in [5, 5.41) is 2.98. The Hall–Kier alpha value is -2.54. The van der Waals surface area contributed by atoms with Gasteiger partial charge in [-0.2, -0.15) is 0 Å². The van der Waals surface area contributed by atoms with Crippen molar-refractivity contribution in [2.24, 2.45) is 0 Å². The Morgan fingerprint density at radius 2 is 2.31 bits per heavy atom. The molecule has 1 aliphatic heterocycles. The average molecular weight is 355 g/mol. The first-order chi connectivity index (χ1) is 12.7. The monoisotopic (exact) mass is 355 g/mol. The summed E-state index contributed by atoms with van der Waals surface area (Å²) < 4.78 is 5.78. The summed E-state index contributed by atoms with van der Waals surface area (Å²) in [5.74, 6) is 0.995. The lowest BCUT2D eigenvalue weighted by molar-refractivity contribution is -0.121. The molecule has 7 nitrogen and oxygen atoms in total. The van der Waals surface area contributed by atoms with E-state index in [-0.39, 0.29) is 12.0 Å². The zero-order valence-corrected chi connectivity index (χ0v) is 15.1. The number of rotatable bonds is 7. The average Bonchev–Trinajstić information content (AvgIpc) is 2.68. The first-order valence-corrected chi connectivity index (χ1v) is 9.02. The molecular weight excluding hydrogens is 330 g/mol. The lowest BCUT2D eigenvalue weighted by atomic mass is 10.1. The van der Waals surface area contributed by atoms with Crippen LogP contribution in [0.25, 0.3) is 0 Å². The summed E-state index contributed by atoms with van der Waals surface area (Å²) in [6.45, 7) is 4.66. The van der Waals surface area contributed by atoms with Gasteiger partial charge in [-0.15, -0.1) is 0 Å². The fourth-order valence-corrected chi connectivity index (χ4v) is 3.05. The summed E-state index contributed by atoms with van der Waals surface area (Å²) in [6, 6.07) is 5.85. The highest BCUT2D eigenvalue weighted by Gasteiger charge is 2.22. The first-order valence-electron chi connectivity index (χ1n) is 9.02. The number of hydrogen-bond acceptors (Lipinski definition) is 6. The Morgan fingerprint density at radius 1 is 1.38 bits per heavy atom. The van der Waals surface area contributed by atoms with E-state index in [0.29, 0.717) is 26.1 Å². The molecule has 1 atom stereocenters.